The summed E-state index contributed by atoms with van der Waals surface area (Å²) in [5.41, 5.74) is 2.17. The number of nitrogens with zero attached hydrogens (tertiary/aromatic N) is 1. The lowest BCUT2D eigenvalue weighted by Crippen LogP contribution is -2.48. The Labute approximate surface area is 165 Å². The van der Waals surface area contributed by atoms with Gasteiger partial charge in [0.05, 0.1) is 0 Å². The van der Waals surface area contributed by atoms with Gasteiger partial charge in [-0.05, 0) is 24.5 Å². The molecule has 1 fully saturated rings. The van der Waals surface area contributed by atoms with Crippen molar-refractivity contribution in [1.82, 2.24) is 15.5 Å². The average molecular weight is 381 g/mol. The normalized spacial score (nSPS) is 17.7. The summed E-state index contributed by atoms with van der Waals surface area (Å²) in [7, 11) is 0. The lowest BCUT2D eigenvalue weighted by Gasteiger charge is -2.19. The number of ether oxygens (including phenoxy) is 1. The number of rotatable bonds is 7. The minimum absolute atomic E-state index is 0.0980. The molecular weight excluding hydrogens is 354 g/mol. The molecule has 0 aromatic heterocycles. The molecule has 0 radical (unpaired) electrons. The first-order chi connectivity index (χ1) is 13.6. The summed E-state index contributed by atoms with van der Waals surface area (Å²) in [4.78, 5) is 26.6. The van der Waals surface area contributed by atoms with E-state index in [1.54, 1.807) is 6.92 Å². The molecule has 28 heavy (non-hydrogen) atoms. The fourth-order valence-electron chi connectivity index (χ4n) is 3.27. The Balaban J connectivity index is 1.37. The molecule has 1 heterocycles. The SMILES string of the molecule is C[C@H](NC(=O)OCc1ccccc1)C(=O)NC1CCN(Cc2ccccc2)C1. The second kappa shape index (κ2) is 9.90. The van der Waals surface area contributed by atoms with Crippen LogP contribution >= 0.6 is 0 Å². The number of likely N-dealkylation sites (tertiary alicyclic amines) is 1. The van der Waals surface area contributed by atoms with Gasteiger partial charge in [0.25, 0.3) is 0 Å². The molecule has 1 saturated heterocycles. The van der Waals surface area contributed by atoms with Crippen LogP contribution in [-0.4, -0.2) is 42.1 Å². The molecule has 1 unspecified atom stereocenters. The maximum atomic E-state index is 12.4. The standard InChI is InChI=1S/C22H27N3O3/c1-17(23-22(27)28-16-19-10-6-3-7-11-19)21(26)24-20-12-13-25(15-20)14-18-8-4-2-5-9-18/h2-11,17,20H,12-16H2,1H3,(H,23,27)(H,24,26)/t17-,20?/m0/s1. The van der Waals surface area contributed by atoms with Crippen LogP contribution in [0.3, 0.4) is 0 Å². The van der Waals surface area contributed by atoms with Crippen molar-refractivity contribution in [2.45, 2.75) is 38.6 Å². The monoisotopic (exact) mass is 381 g/mol. The van der Waals surface area contributed by atoms with Crippen LogP contribution in [0.2, 0.25) is 0 Å². The molecule has 0 bridgehead atoms. The first kappa shape index (κ1) is 19.9. The first-order valence-corrected chi connectivity index (χ1v) is 9.64. The smallest absolute Gasteiger partial charge is 0.408 e. The molecule has 148 valence electrons. The summed E-state index contributed by atoms with van der Waals surface area (Å²) >= 11 is 0. The predicted molar refractivity (Wildman–Crippen MR) is 107 cm³/mol. The van der Waals surface area contributed by atoms with Gasteiger partial charge in [0.15, 0.2) is 0 Å². The van der Waals surface area contributed by atoms with E-state index in [2.05, 4.69) is 27.7 Å². The molecule has 2 amide bonds. The molecule has 2 aromatic rings. The fraction of sp³-hybridized carbons (Fsp3) is 0.364. The van der Waals surface area contributed by atoms with E-state index < -0.39 is 12.1 Å². The van der Waals surface area contributed by atoms with Crippen LogP contribution in [-0.2, 0) is 22.7 Å². The van der Waals surface area contributed by atoms with Gasteiger partial charge in [-0.25, -0.2) is 4.79 Å². The van der Waals surface area contributed by atoms with E-state index in [1.807, 2.05) is 48.5 Å². The van der Waals surface area contributed by atoms with Gasteiger partial charge >= 0.3 is 6.09 Å². The molecule has 2 aromatic carbocycles. The Hall–Kier alpha value is -2.86. The minimum atomic E-state index is -0.647. The van der Waals surface area contributed by atoms with Gasteiger partial charge in [0.1, 0.15) is 12.6 Å². The summed E-state index contributed by atoms with van der Waals surface area (Å²) in [6, 6.07) is 19.2. The van der Waals surface area contributed by atoms with Crippen LogP contribution < -0.4 is 10.6 Å². The highest BCUT2D eigenvalue weighted by atomic mass is 16.5. The Kier molecular flexibility index (Phi) is 7.03. The van der Waals surface area contributed by atoms with Crippen molar-refractivity contribution < 1.29 is 14.3 Å². The summed E-state index contributed by atoms with van der Waals surface area (Å²) in [5.74, 6) is -0.191. The van der Waals surface area contributed by atoms with Gasteiger partial charge in [-0.15, -0.1) is 0 Å². The Morgan fingerprint density at radius 2 is 1.71 bits per heavy atom. The number of carbonyl (C=O) groups excluding carboxylic acids is 2. The van der Waals surface area contributed by atoms with Crippen LogP contribution in [0.1, 0.15) is 24.5 Å². The van der Waals surface area contributed by atoms with E-state index in [1.165, 1.54) is 5.56 Å². The number of benzene rings is 2. The number of alkyl carbamates (subject to hydrolysis) is 1. The molecule has 1 aliphatic heterocycles. The van der Waals surface area contributed by atoms with E-state index in [-0.39, 0.29) is 18.6 Å². The zero-order valence-electron chi connectivity index (χ0n) is 16.1. The summed E-state index contributed by atoms with van der Waals surface area (Å²) in [6.07, 6.45) is 0.313. The number of hydrogen-bond acceptors (Lipinski definition) is 4. The minimum Gasteiger partial charge on any atom is -0.445 e. The van der Waals surface area contributed by atoms with Crippen molar-refractivity contribution in [3.8, 4) is 0 Å². The summed E-state index contributed by atoms with van der Waals surface area (Å²) in [6.45, 7) is 4.48. The molecular formula is C22H27N3O3. The maximum absolute atomic E-state index is 12.4. The number of amides is 2. The van der Waals surface area contributed by atoms with Gasteiger partial charge in [-0.3, -0.25) is 9.69 Å². The summed E-state index contributed by atoms with van der Waals surface area (Å²) < 4.78 is 5.16. The van der Waals surface area contributed by atoms with Crippen LogP contribution in [0.4, 0.5) is 4.79 Å². The third kappa shape index (κ3) is 6.09. The van der Waals surface area contributed by atoms with Gasteiger partial charge in [0.2, 0.25) is 5.91 Å². The fourth-order valence-corrected chi connectivity index (χ4v) is 3.27. The van der Waals surface area contributed by atoms with Crippen molar-refractivity contribution >= 4 is 12.0 Å². The van der Waals surface area contributed by atoms with Crippen LogP contribution in [0.15, 0.2) is 60.7 Å². The average Bonchev–Trinajstić information content (AvgIpc) is 3.14. The van der Waals surface area contributed by atoms with Gasteiger partial charge < -0.3 is 15.4 Å². The van der Waals surface area contributed by atoms with Crippen LogP contribution in [0, 0.1) is 0 Å². The zero-order chi connectivity index (χ0) is 19.8. The lowest BCUT2D eigenvalue weighted by atomic mass is 10.2. The number of nitrogens with one attached hydrogen (secondary N) is 2. The van der Waals surface area contributed by atoms with Gasteiger partial charge in [-0.1, -0.05) is 60.7 Å². The van der Waals surface area contributed by atoms with E-state index in [0.717, 1.165) is 31.6 Å². The molecule has 6 heteroatoms. The van der Waals surface area contributed by atoms with Gasteiger partial charge in [-0.2, -0.15) is 0 Å². The molecule has 1 aliphatic rings. The zero-order valence-corrected chi connectivity index (χ0v) is 16.1. The van der Waals surface area contributed by atoms with E-state index in [0.29, 0.717) is 0 Å². The second-order valence-electron chi connectivity index (χ2n) is 7.14. The topological polar surface area (TPSA) is 70.7 Å². The second-order valence-corrected chi connectivity index (χ2v) is 7.14. The molecule has 6 nitrogen and oxygen atoms in total. The highest BCUT2D eigenvalue weighted by Gasteiger charge is 2.26. The highest BCUT2D eigenvalue weighted by molar-refractivity contribution is 5.85. The van der Waals surface area contributed by atoms with Crippen molar-refractivity contribution in [2.24, 2.45) is 0 Å². The lowest BCUT2D eigenvalue weighted by molar-refractivity contribution is -0.123. The molecule has 2 atom stereocenters. The third-order valence-corrected chi connectivity index (χ3v) is 4.81. The largest absolute Gasteiger partial charge is 0.445 e. The van der Waals surface area contributed by atoms with Crippen LogP contribution in [0.5, 0.6) is 0 Å². The molecule has 0 saturated carbocycles. The quantitative estimate of drug-likeness (QED) is 0.774. The van der Waals surface area contributed by atoms with E-state index in [9.17, 15) is 9.59 Å². The molecule has 3 rings (SSSR count). The Morgan fingerprint density at radius 3 is 2.39 bits per heavy atom. The van der Waals surface area contributed by atoms with Crippen molar-refractivity contribution in [3.05, 3.63) is 71.8 Å². The van der Waals surface area contributed by atoms with Crippen molar-refractivity contribution in [3.63, 3.8) is 0 Å². The van der Waals surface area contributed by atoms with Crippen molar-refractivity contribution in [1.29, 1.82) is 0 Å². The molecule has 2 N–H and O–H groups in total. The van der Waals surface area contributed by atoms with Crippen LogP contribution in [0.25, 0.3) is 0 Å². The van der Waals surface area contributed by atoms with E-state index >= 15 is 0 Å². The maximum Gasteiger partial charge on any atom is 0.408 e. The number of hydrogen-bond donors (Lipinski definition) is 2. The first-order valence-electron chi connectivity index (χ1n) is 9.64. The Morgan fingerprint density at radius 1 is 1.07 bits per heavy atom. The highest BCUT2D eigenvalue weighted by Crippen LogP contribution is 2.13. The van der Waals surface area contributed by atoms with Crippen molar-refractivity contribution in [2.75, 3.05) is 13.1 Å². The number of carbonyl (C=O) groups is 2. The molecule has 0 spiro atoms. The van der Waals surface area contributed by atoms with E-state index in [4.69, 9.17) is 4.74 Å². The molecule has 0 aliphatic carbocycles. The third-order valence-electron chi connectivity index (χ3n) is 4.81. The van der Waals surface area contributed by atoms with Gasteiger partial charge in [0, 0.05) is 25.7 Å². The predicted octanol–water partition coefficient (Wildman–Crippen LogP) is 2.69. The Bertz CT molecular complexity index is 767. The summed E-state index contributed by atoms with van der Waals surface area (Å²) in [5, 5.41) is 5.61.